The molecule has 0 aliphatic rings. The molecule has 1 aromatic heterocycles. The lowest BCUT2D eigenvalue weighted by Gasteiger charge is -2.17. The zero-order valence-corrected chi connectivity index (χ0v) is 15.5. The highest BCUT2D eigenvalue weighted by molar-refractivity contribution is 7.80. The molecule has 0 unspecified atom stereocenters. The van der Waals surface area contributed by atoms with Gasteiger partial charge in [0.2, 0.25) is 5.43 Å². The summed E-state index contributed by atoms with van der Waals surface area (Å²) in [5.41, 5.74) is 6.68. The van der Waals surface area contributed by atoms with E-state index < -0.39 is 8.07 Å². The Kier molecular flexibility index (Phi) is 5.19. The van der Waals surface area contributed by atoms with Crippen molar-refractivity contribution in [3.63, 3.8) is 0 Å². The van der Waals surface area contributed by atoms with Gasteiger partial charge in [0.15, 0.2) is 0 Å². The van der Waals surface area contributed by atoms with E-state index in [4.69, 9.17) is 15.7 Å². The summed E-state index contributed by atoms with van der Waals surface area (Å²) < 4.78 is 7.51. The molecule has 2 rings (SSSR count). The Bertz CT molecular complexity index is 834. The normalized spacial score (nSPS) is 11.6. The minimum Gasteiger partial charge on any atom is -0.398 e. The molecule has 0 amide bonds. The number of anilines is 1. The van der Waals surface area contributed by atoms with Gasteiger partial charge >= 0.3 is 0 Å². The van der Waals surface area contributed by atoms with E-state index in [9.17, 15) is 4.79 Å². The molecular formula is C16H21N3O2SSi. The predicted octanol–water partition coefficient (Wildman–Crippen LogP) is 3.06. The molecule has 1 aromatic carbocycles. The third-order valence-electron chi connectivity index (χ3n) is 3.58. The van der Waals surface area contributed by atoms with Crippen molar-refractivity contribution >= 4 is 37.3 Å². The van der Waals surface area contributed by atoms with Crippen LogP contribution in [0.4, 0.5) is 5.69 Å². The molecule has 0 saturated heterocycles. The molecule has 23 heavy (non-hydrogen) atoms. The number of nitrogens with zero attached hydrogens (tertiary/aromatic N) is 2. The number of rotatable bonds is 5. The van der Waals surface area contributed by atoms with Crippen molar-refractivity contribution in [2.45, 2.75) is 37.3 Å². The van der Waals surface area contributed by atoms with Gasteiger partial charge in [0, 0.05) is 36.8 Å². The maximum Gasteiger partial charge on any atom is 0.207 e. The molecule has 1 heterocycles. The van der Waals surface area contributed by atoms with Gasteiger partial charge in [0.05, 0.1) is 5.52 Å². The topological polar surface area (TPSA) is 81.0 Å². The predicted molar refractivity (Wildman–Crippen MR) is 98.7 cm³/mol. The molecule has 2 N–H and O–H groups in total. The fourth-order valence-corrected chi connectivity index (χ4v) is 3.11. The quantitative estimate of drug-likeness (QED) is 0.377. The Morgan fingerprint density at radius 1 is 1.39 bits per heavy atom. The summed E-state index contributed by atoms with van der Waals surface area (Å²) >= 11 is 4.31. The van der Waals surface area contributed by atoms with Crippen LogP contribution in [0.5, 0.6) is 0 Å². The lowest BCUT2D eigenvalue weighted by molar-refractivity contribution is 0.0897. The summed E-state index contributed by atoms with van der Waals surface area (Å²) in [7, 11) is -1.16. The van der Waals surface area contributed by atoms with E-state index in [1.165, 1.54) is 6.20 Å². The van der Waals surface area contributed by atoms with Gasteiger partial charge in [-0.1, -0.05) is 19.6 Å². The van der Waals surface area contributed by atoms with Crippen molar-refractivity contribution in [3.05, 3.63) is 34.1 Å². The van der Waals surface area contributed by atoms with Crippen LogP contribution in [0.25, 0.3) is 10.9 Å². The Hall–Kier alpha value is -1.75. The Morgan fingerprint density at radius 2 is 2.09 bits per heavy atom. The number of nitriles is 1. The van der Waals surface area contributed by atoms with E-state index in [1.54, 1.807) is 16.7 Å². The van der Waals surface area contributed by atoms with Crippen LogP contribution in [-0.4, -0.2) is 19.2 Å². The van der Waals surface area contributed by atoms with Crippen LogP contribution >= 0.6 is 12.6 Å². The van der Waals surface area contributed by atoms with E-state index in [0.29, 0.717) is 28.1 Å². The Morgan fingerprint density at radius 3 is 2.70 bits per heavy atom. The minimum atomic E-state index is -1.16. The number of aromatic nitrogens is 1. The van der Waals surface area contributed by atoms with Crippen molar-refractivity contribution in [3.8, 4) is 6.07 Å². The average molecular weight is 348 g/mol. The van der Waals surface area contributed by atoms with Gasteiger partial charge in [-0.15, -0.1) is 12.6 Å². The van der Waals surface area contributed by atoms with Crippen LogP contribution in [0, 0.1) is 11.3 Å². The zero-order chi connectivity index (χ0) is 17.2. The third kappa shape index (κ3) is 4.16. The van der Waals surface area contributed by atoms with E-state index in [0.717, 1.165) is 6.04 Å². The maximum atomic E-state index is 12.3. The smallest absolute Gasteiger partial charge is 0.207 e. The fraction of sp³-hybridized carbons (Fsp3) is 0.375. The van der Waals surface area contributed by atoms with Crippen molar-refractivity contribution in [2.24, 2.45) is 0 Å². The largest absolute Gasteiger partial charge is 0.398 e. The van der Waals surface area contributed by atoms with Crippen molar-refractivity contribution in [1.82, 2.24) is 4.57 Å². The summed E-state index contributed by atoms with van der Waals surface area (Å²) in [6.45, 7) is 7.81. The van der Waals surface area contributed by atoms with Crippen molar-refractivity contribution in [1.29, 1.82) is 5.26 Å². The minimum absolute atomic E-state index is 0.0811. The average Bonchev–Trinajstić information content (AvgIpc) is 2.46. The second-order valence-electron chi connectivity index (χ2n) is 6.73. The SMILES string of the molecule is C[Si](C)(C)CCOCn1cc(C#N)c(=O)c2cc(N)c(S)cc21. The van der Waals surface area contributed by atoms with Gasteiger partial charge in [-0.3, -0.25) is 4.79 Å². The number of thiol groups is 1. The standard InChI is InChI=1S/C16H21N3O2SSi/c1-23(2,3)5-4-21-10-19-9-11(8-17)16(20)12-6-13(18)15(22)7-14(12)19/h6-7,9,22H,4-5,10,18H2,1-3H3. The second-order valence-corrected chi connectivity index (χ2v) is 12.8. The molecule has 0 radical (unpaired) electrons. The van der Waals surface area contributed by atoms with Crippen LogP contribution in [0.2, 0.25) is 25.7 Å². The fourth-order valence-electron chi connectivity index (χ4n) is 2.17. The summed E-state index contributed by atoms with van der Waals surface area (Å²) in [6, 6.07) is 6.29. The molecule has 0 spiro atoms. The highest BCUT2D eigenvalue weighted by Crippen LogP contribution is 2.23. The molecule has 122 valence electrons. The van der Waals surface area contributed by atoms with Crippen LogP contribution in [0.3, 0.4) is 0 Å². The number of hydrogen-bond acceptors (Lipinski definition) is 5. The van der Waals surface area contributed by atoms with E-state index in [2.05, 4.69) is 32.3 Å². The van der Waals surface area contributed by atoms with Gasteiger partial charge in [-0.2, -0.15) is 5.26 Å². The number of fused-ring (bicyclic) bond motifs is 1. The van der Waals surface area contributed by atoms with Gasteiger partial charge in [-0.25, -0.2) is 0 Å². The molecule has 0 fully saturated rings. The highest BCUT2D eigenvalue weighted by Gasteiger charge is 2.13. The molecule has 5 nitrogen and oxygen atoms in total. The van der Waals surface area contributed by atoms with Crippen molar-refractivity contribution in [2.75, 3.05) is 12.3 Å². The number of benzene rings is 1. The van der Waals surface area contributed by atoms with Gasteiger partial charge in [0.25, 0.3) is 0 Å². The number of ether oxygens (including phenoxy) is 1. The van der Waals surface area contributed by atoms with Crippen LogP contribution in [0.15, 0.2) is 28.0 Å². The monoisotopic (exact) mass is 347 g/mol. The molecular weight excluding hydrogens is 326 g/mol. The first-order chi connectivity index (χ1) is 10.7. The summed E-state index contributed by atoms with van der Waals surface area (Å²) in [5, 5.41) is 9.57. The molecule has 2 aromatic rings. The molecule has 0 aliphatic heterocycles. The summed E-state index contributed by atoms with van der Waals surface area (Å²) in [4.78, 5) is 12.9. The maximum absolute atomic E-state index is 12.3. The van der Waals surface area contributed by atoms with Gasteiger partial charge in [-0.05, 0) is 18.2 Å². The first-order valence-electron chi connectivity index (χ1n) is 7.36. The summed E-state index contributed by atoms with van der Waals surface area (Å²) in [5.74, 6) is 0. The van der Waals surface area contributed by atoms with Crippen LogP contribution < -0.4 is 11.2 Å². The second kappa shape index (κ2) is 6.79. The first kappa shape index (κ1) is 17.6. The molecule has 0 bridgehead atoms. The van der Waals surface area contributed by atoms with Gasteiger partial charge < -0.3 is 15.0 Å². The number of pyridine rings is 1. The molecule has 0 atom stereocenters. The van der Waals surface area contributed by atoms with E-state index >= 15 is 0 Å². The van der Waals surface area contributed by atoms with Crippen LogP contribution in [-0.2, 0) is 11.5 Å². The Balaban J connectivity index is 2.39. The lowest BCUT2D eigenvalue weighted by Crippen LogP contribution is -2.22. The highest BCUT2D eigenvalue weighted by atomic mass is 32.1. The van der Waals surface area contributed by atoms with E-state index in [-0.39, 0.29) is 17.7 Å². The molecule has 0 aliphatic carbocycles. The van der Waals surface area contributed by atoms with Crippen molar-refractivity contribution < 1.29 is 4.74 Å². The third-order valence-corrected chi connectivity index (χ3v) is 5.67. The molecule has 0 saturated carbocycles. The lowest BCUT2D eigenvalue weighted by atomic mass is 10.1. The summed E-state index contributed by atoms with van der Waals surface area (Å²) in [6.07, 6.45) is 1.53. The molecule has 7 heteroatoms. The number of nitrogens with two attached hydrogens (primary N) is 1. The number of nitrogen functional groups attached to an aromatic ring is 1. The van der Waals surface area contributed by atoms with Crippen LogP contribution in [0.1, 0.15) is 5.56 Å². The first-order valence-corrected chi connectivity index (χ1v) is 11.5. The van der Waals surface area contributed by atoms with E-state index in [1.807, 2.05) is 6.07 Å². The van der Waals surface area contributed by atoms with Gasteiger partial charge in [0.1, 0.15) is 18.4 Å². The Labute approximate surface area is 142 Å². The zero-order valence-electron chi connectivity index (χ0n) is 13.6. The number of hydrogen-bond donors (Lipinski definition) is 2.